The van der Waals surface area contributed by atoms with Gasteiger partial charge in [0, 0.05) is 4.47 Å². The van der Waals surface area contributed by atoms with Crippen molar-refractivity contribution in [1.82, 2.24) is 0 Å². The maximum Gasteiger partial charge on any atom is 0.0741 e. The Balaban J connectivity index is 2.10. The van der Waals surface area contributed by atoms with Gasteiger partial charge < -0.3 is 10.4 Å². The van der Waals surface area contributed by atoms with Gasteiger partial charge in [-0.15, -0.1) is 0 Å². The summed E-state index contributed by atoms with van der Waals surface area (Å²) in [7, 11) is 0. The van der Waals surface area contributed by atoms with Gasteiger partial charge in [0.1, 0.15) is 0 Å². The van der Waals surface area contributed by atoms with E-state index in [-0.39, 0.29) is 12.1 Å². The molecule has 2 atom stereocenters. The van der Waals surface area contributed by atoms with Crippen LogP contribution in [0.3, 0.4) is 0 Å². The Morgan fingerprint density at radius 3 is 2.81 bits per heavy atom. The molecule has 1 fully saturated rings. The van der Waals surface area contributed by atoms with E-state index in [0.717, 1.165) is 29.4 Å². The van der Waals surface area contributed by atoms with Crippen LogP contribution in [-0.4, -0.2) is 17.3 Å². The quantitative estimate of drug-likeness (QED) is 0.870. The molecule has 2 rings (SSSR count). The standard InChI is InChI=1S/C12H15BrClNO/c13-8-5-6-9(14)11(7-8)15-10-3-1-2-4-12(10)16/h5-7,10,12,15-16H,1-4H2. The van der Waals surface area contributed by atoms with Crippen LogP contribution in [-0.2, 0) is 0 Å². The van der Waals surface area contributed by atoms with E-state index in [1.807, 2.05) is 18.2 Å². The third kappa shape index (κ3) is 2.90. The van der Waals surface area contributed by atoms with Crippen LogP contribution in [0.1, 0.15) is 25.7 Å². The normalized spacial score (nSPS) is 25.4. The third-order valence-electron chi connectivity index (χ3n) is 3.00. The molecular formula is C12H15BrClNO. The predicted molar refractivity (Wildman–Crippen MR) is 71.0 cm³/mol. The molecule has 2 nitrogen and oxygen atoms in total. The first-order valence-electron chi connectivity index (χ1n) is 5.56. The summed E-state index contributed by atoms with van der Waals surface area (Å²) in [5.74, 6) is 0. The minimum Gasteiger partial charge on any atom is -0.391 e. The Morgan fingerprint density at radius 1 is 1.31 bits per heavy atom. The maximum atomic E-state index is 9.87. The molecule has 1 aliphatic carbocycles. The summed E-state index contributed by atoms with van der Waals surface area (Å²) < 4.78 is 0.990. The van der Waals surface area contributed by atoms with E-state index in [9.17, 15) is 5.11 Å². The van der Waals surface area contributed by atoms with Crippen molar-refractivity contribution in [1.29, 1.82) is 0 Å². The molecule has 4 heteroatoms. The van der Waals surface area contributed by atoms with Gasteiger partial charge in [0.25, 0.3) is 0 Å². The highest BCUT2D eigenvalue weighted by molar-refractivity contribution is 9.10. The van der Waals surface area contributed by atoms with Crippen molar-refractivity contribution in [2.24, 2.45) is 0 Å². The highest BCUT2D eigenvalue weighted by Crippen LogP contribution is 2.29. The molecule has 16 heavy (non-hydrogen) atoms. The lowest BCUT2D eigenvalue weighted by Crippen LogP contribution is -2.36. The van der Waals surface area contributed by atoms with Crippen LogP contribution >= 0.6 is 27.5 Å². The van der Waals surface area contributed by atoms with E-state index in [0.29, 0.717) is 5.02 Å². The smallest absolute Gasteiger partial charge is 0.0741 e. The number of anilines is 1. The average molecular weight is 305 g/mol. The molecule has 1 aromatic carbocycles. The highest BCUT2D eigenvalue weighted by Gasteiger charge is 2.23. The topological polar surface area (TPSA) is 32.3 Å². The largest absolute Gasteiger partial charge is 0.391 e. The molecule has 0 amide bonds. The van der Waals surface area contributed by atoms with Crippen molar-refractivity contribution >= 4 is 33.2 Å². The predicted octanol–water partition coefficient (Wildman–Crippen LogP) is 3.82. The van der Waals surface area contributed by atoms with Gasteiger partial charge in [-0.1, -0.05) is 40.4 Å². The van der Waals surface area contributed by atoms with Crippen LogP contribution < -0.4 is 5.32 Å². The summed E-state index contributed by atoms with van der Waals surface area (Å²) in [5.41, 5.74) is 0.891. The zero-order valence-corrected chi connectivity index (χ0v) is 11.3. The monoisotopic (exact) mass is 303 g/mol. The van der Waals surface area contributed by atoms with Gasteiger partial charge in [-0.05, 0) is 31.0 Å². The van der Waals surface area contributed by atoms with Gasteiger partial charge in [0.15, 0.2) is 0 Å². The minimum atomic E-state index is -0.260. The van der Waals surface area contributed by atoms with E-state index in [4.69, 9.17) is 11.6 Å². The summed E-state index contributed by atoms with van der Waals surface area (Å²) in [4.78, 5) is 0. The number of nitrogens with one attached hydrogen (secondary N) is 1. The van der Waals surface area contributed by atoms with E-state index < -0.39 is 0 Å². The molecule has 0 heterocycles. The maximum absolute atomic E-state index is 9.87. The fraction of sp³-hybridized carbons (Fsp3) is 0.500. The first-order chi connectivity index (χ1) is 7.66. The number of hydrogen-bond donors (Lipinski definition) is 2. The molecule has 0 aliphatic heterocycles. The van der Waals surface area contributed by atoms with E-state index in [1.165, 1.54) is 6.42 Å². The van der Waals surface area contributed by atoms with Crippen LogP contribution in [0, 0.1) is 0 Å². The van der Waals surface area contributed by atoms with E-state index >= 15 is 0 Å². The second-order valence-electron chi connectivity index (χ2n) is 4.23. The van der Waals surface area contributed by atoms with E-state index in [1.54, 1.807) is 0 Å². The fourth-order valence-corrected chi connectivity index (χ4v) is 2.62. The second-order valence-corrected chi connectivity index (χ2v) is 5.55. The van der Waals surface area contributed by atoms with Crippen LogP contribution in [0.15, 0.2) is 22.7 Å². The summed E-state index contributed by atoms with van der Waals surface area (Å²) in [6.45, 7) is 0. The van der Waals surface area contributed by atoms with Gasteiger partial charge in [-0.3, -0.25) is 0 Å². The van der Waals surface area contributed by atoms with Crippen molar-refractivity contribution in [3.63, 3.8) is 0 Å². The number of aliphatic hydroxyl groups excluding tert-OH is 1. The molecule has 2 unspecified atom stereocenters. The number of hydrogen-bond acceptors (Lipinski definition) is 2. The molecule has 1 aliphatic rings. The summed E-state index contributed by atoms with van der Waals surface area (Å²) in [6.07, 6.45) is 3.91. The van der Waals surface area contributed by atoms with Crippen molar-refractivity contribution in [2.75, 3.05) is 5.32 Å². The molecular weight excluding hydrogens is 289 g/mol. The van der Waals surface area contributed by atoms with Crippen molar-refractivity contribution < 1.29 is 5.11 Å². The number of aliphatic hydroxyl groups is 1. The Hall–Kier alpha value is -0.250. The third-order valence-corrected chi connectivity index (χ3v) is 3.82. The SMILES string of the molecule is OC1CCCCC1Nc1cc(Br)ccc1Cl. The summed E-state index contributed by atoms with van der Waals surface area (Å²) in [5, 5.41) is 13.9. The molecule has 2 N–H and O–H groups in total. The van der Waals surface area contributed by atoms with Gasteiger partial charge in [-0.25, -0.2) is 0 Å². The van der Waals surface area contributed by atoms with Gasteiger partial charge in [-0.2, -0.15) is 0 Å². The lowest BCUT2D eigenvalue weighted by molar-refractivity contribution is 0.116. The molecule has 1 aromatic rings. The molecule has 1 saturated carbocycles. The van der Waals surface area contributed by atoms with Crippen molar-refractivity contribution in [3.8, 4) is 0 Å². The number of benzene rings is 1. The number of halogens is 2. The summed E-state index contributed by atoms with van der Waals surface area (Å²) in [6, 6.07) is 5.83. The fourth-order valence-electron chi connectivity index (χ4n) is 2.09. The van der Waals surface area contributed by atoms with Crippen molar-refractivity contribution in [3.05, 3.63) is 27.7 Å². The second kappa shape index (κ2) is 5.39. The molecule has 0 spiro atoms. The summed E-state index contributed by atoms with van der Waals surface area (Å²) >= 11 is 9.51. The Bertz CT molecular complexity index is 372. The minimum absolute atomic E-state index is 0.126. The van der Waals surface area contributed by atoms with Crippen LogP contribution in [0.4, 0.5) is 5.69 Å². The zero-order valence-electron chi connectivity index (χ0n) is 8.92. The lowest BCUT2D eigenvalue weighted by Gasteiger charge is -2.29. The highest BCUT2D eigenvalue weighted by atomic mass is 79.9. The first-order valence-corrected chi connectivity index (χ1v) is 6.73. The van der Waals surface area contributed by atoms with Crippen LogP contribution in [0.2, 0.25) is 5.02 Å². The zero-order chi connectivity index (χ0) is 11.5. The molecule has 88 valence electrons. The first kappa shape index (κ1) is 12.2. The van der Waals surface area contributed by atoms with Gasteiger partial charge in [0.05, 0.1) is 22.9 Å². The van der Waals surface area contributed by atoms with Gasteiger partial charge in [0.2, 0.25) is 0 Å². The van der Waals surface area contributed by atoms with Gasteiger partial charge >= 0.3 is 0 Å². The lowest BCUT2D eigenvalue weighted by atomic mass is 9.92. The van der Waals surface area contributed by atoms with Crippen molar-refractivity contribution in [2.45, 2.75) is 37.8 Å². The Morgan fingerprint density at radius 2 is 2.06 bits per heavy atom. The molecule has 0 bridgehead atoms. The average Bonchev–Trinajstić information content (AvgIpc) is 2.27. The van der Waals surface area contributed by atoms with Crippen LogP contribution in [0.5, 0.6) is 0 Å². The molecule has 0 aromatic heterocycles. The Labute approximate surface area is 109 Å². The number of rotatable bonds is 2. The van der Waals surface area contributed by atoms with E-state index in [2.05, 4.69) is 21.2 Å². The van der Waals surface area contributed by atoms with Crippen LogP contribution in [0.25, 0.3) is 0 Å². The Kier molecular flexibility index (Phi) is 4.11. The molecule has 0 radical (unpaired) electrons. The molecule has 0 saturated heterocycles.